The number of carbonyl (C=O) groups is 1. The Morgan fingerprint density at radius 2 is 1.84 bits per heavy atom. The topological polar surface area (TPSA) is 44.1 Å². The van der Waals surface area contributed by atoms with E-state index in [0.29, 0.717) is 18.0 Å². The van der Waals surface area contributed by atoms with Crippen LogP contribution in [-0.4, -0.2) is 17.7 Å². The summed E-state index contributed by atoms with van der Waals surface area (Å²) in [5.41, 5.74) is 3.11. The number of aryl methyl sites for hydroxylation is 1. The van der Waals surface area contributed by atoms with Gasteiger partial charge in [-0.25, -0.2) is 0 Å². The molecular weight excluding hydrogens is 352 g/mol. The SMILES string of the molecule is Cc1ccc(N(CCC#N)C(=O)C(C)SCc2ccc(Cl)cc2)cc1. The quantitative estimate of drug-likeness (QED) is 0.669. The number of nitrogens with zero attached hydrogens (tertiary/aromatic N) is 2. The van der Waals surface area contributed by atoms with Crippen LogP contribution < -0.4 is 4.90 Å². The number of hydrogen-bond acceptors (Lipinski definition) is 3. The van der Waals surface area contributed by atoms with Gasteiger partial charge in [0.25, 0.3) is 0 Å². The highest BCUT2D eigenvalue weighted by Gasteiger charge is 2.22. The van der Waals surface area contributed by atoms with Gasteiger partial charge in [0.05, 0.1) is 17.7 Å². The molecule has 0 spiro atoms. The fourth-order valence-electron chi connectivity index (χ4n) is 2.35. The van der Waals surface area contributed by atoms with Crippen molar-refractivity contribution in [3.05, 3.63) is 64.7 Å². The molecule has 0 aliphatic rings. The molecule has 0 aliphatic heterocycles. The third-order valence-corrected chi connectivity index (χ3v) is 5.27. The van der Waals surface area contributed by atoms with Gasteiger partial charge in [0.15, 0.2) is 0 Å². The Morgan fingerprint density at radius 3 is 2.44 bits per heavy atom. The molecule has 0 heterocycles. The maximum absolute atomic E-state index is 12.9. The molecule has 0 aliphatic carbocycles. The normalized spacial score (nSPS) is 11.6. The number of hydrogen-bond donors (Lipinski definition) is 0. The summed E-state index contributed by atoms with van der Waals surface area (Å²) in [6.07, 6.45) is 0.314. The molecule has 0 saturated carbocycles. The molecule has 130 valence electrons. The lowest BCUT2D eigenvalue weighted by molar-refractivity contribution is -0.117. The average molecular weight is 373 g/mol. The van der Waals surface area contributed by atoms with Gasteiger partial charge in [0.1, 0.15) is 0 Å². The highest BCUT2D eigenvalue weighted by atomic mass is 35.5. The van der Waals surface area contributed by atoms with Crippen LogP contribution in [0.3, 0.4) is 0 Å². The van der Waals surface area contributed by atoms with E-state index >= 15 is 0 Å². The Bertz CT molecular complexity index is 738. The summed E-state index contributed by atoms with van der Waals surface area (Å²) < 4.78 is 0. The molecule has 0 fully saturated rings. The number of benzene rings is 2. The van der Waals surface area contributed by atoms with E-state index in [2.05, 4.69) is 6.07 Å². The third-order valence-electron chi connectivity index (χ3n) is 3.82. The van der Waals surface area contributed by atoms with Gasteiger partial charge < -0.3 is 4.90 Å². The Labute approximate surface area is 158 Å². The van der Waals surface area contributed by atoms with E-state index in [1.807, 2.05) is 62.4 Å². The lowest BCUT2D eigenvalue weighted by Crippen LogP contribution is -2.37. The maximum Gasteiger partial charge on any atom is 0.239 e. The van der Waals surface area contributed by atoms with Crippen LogP contribution in [0.1, 0.15) is 24.5 Å². The molecule has 0 bridgehead atoms. The fraction of sp³-hybridized carbons (Fsp3) is 0.300. The summed E-state index contributed by atoms with van der Waals surface area (Å²) in [6, 6.07) is 17.6. The van der Waals surface area contributed by atoms with Crippen LogP contribution in [0.25, 0.3) is 0 Å². The molecule has 25 heavy (non-hydrogen) atoms. The van der Waals surface area contributed by atoms with Gasteiger partial charge in [-0.05, 0) is 43.7 Å². The molecule has 0 aromatic heterocycles. The van der Waals surface area contributed by atoms with Crippen LogP contribution in [0.5, 0.6) is 0 Å². The maximum atomic E-state index is 12.9. The largest absolute Gasteiger partial charge is 0.310 e. The number of amides is 1. The van der Waals surface area contributed by atoms with Crippen molar-refractivity contribution in [1.29, 1.82) is 5.26 Å². The van der Waals surface area contributed by atoms with Crippen LogP contribution in [0.15, 0.2) is 48.5 Å². The summed E-state index contributed by atoms with van der Waals surface area (Å²) in [4.78, 5) is 14.6. The zero-order chi connectivity index (χ0) is 18.2. The van der Waals surface area contributed by atoms with E-state index in [0.717, 1.165) is 22.6 Å². The summed E-state index contributed by atoms with van der Waals surface area (Å²) in [5, 5.41) is 9.41. The minimum atomic E-state index is -0.198. The number of rotatable bonds is 7. The van der Waals surface area contributed by atoms with Crippen LogP contribution >= 0.6 is 23.4 Å². The number of anilines is 1. The zero-order valence-electron chi connectivity index (χ0n) is 14.4. The summed E-state index contributed by atoms with van der Waals surface area (Å²) >= 11 is 7.49. The van der Waals surface area contributed by atoms with Crippen LogP contribution in [0.2, 0.25) is 5.02 Å². The Balaban J connectivity index is 2.05. The average Bonchev–Trinajstić information content (AvgIpc) is 2.62. The summed E-state index contributed by atoms with van der Waals surface area (Å²) in [6.45, 7) is 4.33. The first-order valence-corrected chi connectivity index (χ1v) is 9.55. The van der Waals surface area contributed by atoms with Crippen molar-refractivity contribution in [2.45, 2.75) is 31.3 Å². The van der Waals surface area contributed by atoms with E-state index in [1.54, 1.807) is 16.7 Å². The number of carbonyl (C=O) groups excluding carboxylic acids is 1. The molecule has 5 heteroatoms. The fourth-order valence-corrected chi connectivity index (χ4v) is 3.38. The molecule has 1 atom stereocenters. The molecule has 2 aromatic rings. The first kappa shape index (κ1) is 19.4. The van der Waals surface area contributed by atoms with Crippen molar-refractivity contribution in [1.82, 2.24) is 0 Å². The van der Waals surface area contributed by atoms with E-state index in [-0.39, 0.29) is 11.2 Å². The predicted molar refractivity (Wildman–Crippen MR) is 106 cm³/mol. The van der Waals surface area contributed by atoms with Crippen LogP contribution in [-0.2, 0) is 10.5 Å². The van der Waals surface area contributed by atoms with Crippen LogP contribution in [0.4, 0.5) is 5.69 Å². The second-order valence-electron chi connectivity index (χ2n) is 5.81. The van der Waals surface area contributed by atoms with Gasteiger partial charge in [0, 0.05) is 23.0 Å². The van der Waals surface area contributed by atoms with E-state index in [4.69, 9.17) is 16.9 Å². The minimum absolute atomic E-state index is 0.0260. The van der Waals surface area contributed by atoms with E-state index in [9.17, 15) is 4.79 Å². The molecule has 3 nitrogen and oxygen atoms in total. The van der Waals surface area contributed by atoms with Crippen molar-refractivity contribution >= 4 is 35.0 Å². The molecule has 1 unspecified atom stereocenters. The monoisotopic (exact) mass is 372 g/mol. The smallest absolute Gasteiger partial charge is 0.239 e. The second kappa shape index (κ2) is 9.50. The third kappa shape index (κ3) is 5.81. The van der Waals surface area contributed by atoms with Gasteiger partial charge in [-0.15, -0.1) is 11.8 Å². The predicted octanol–water partition coefficient (Wildman–Crippen LogP) is 5.22. The lowest BCUT2D eigenvalue weighted by atomic mass is 10.2. The van der Waals surface area contributed by atoms with Crippen molar-refractivity contribution in [2.75, 3.05) is 11.4 Å². The van der Waals surface area contributed by atoms with E-state index < -0.39 is 0 Å². The number of thioether (sulfide) groups is 1. The second-order valence-corrected chi connectivity index (χ2v) is 7.58. The standard InChI is InChI=1S/C20H21ClN2OS/c1-15-4-10-19(11-5-15)23(13-3-12-22)20(24)16(2)25-14-17-6-8-18(21)9-7-17/h4-11,16H,3,13-14H2,1-2H3. The molecule has 0 saturated heterocycles. The number of nitriles is 1. The van der Waals surface area contributed by atoms with Gasteiger partial charge in [-0.1, -0.05) is 41.4 Å². The number of halogens is 1. The Kier molecular flexibility index (Phi) is 7.36. The lowest BCUT2D eigenvalue weighted by Gasteiger charge is -2.25. The summed E-state index contributed by atoms with van der Waals surface area (Å²) in [7, 11) is 0. The van der Waals surface area contributed by atoms with Gasteiger partial charge in [0.2, 0.25) is 5.91 Å². The van der Waals surface area contributed by atoms with Crippen molar-refractivity contribution in [3.8, 4) is 6.07 Å². The Morgan fingerprint density at radius 1 is 1.20 bits per heavy atom. The molecular formula is C20H21ClN2OS. The van der Waals surface area contributed by atoms with Crippen molar-refractivity contribution < 1.29 is 4.79 Å². The highest BCUT2D eigenvalue weighted by Crippen LogP contribution is 2.24. The molecule has 2 rings (SSSR count). The van der Waals surface area contributed by atoms with Crippen molar-refractivity contribution in [2.24, 2.45) is 0 Å². The molecule has 0 radical (unpaired) electrons. The summed E-state index contributed by atoms with van der Waals surface area (Å²) in [5.74, 6) is 0.766. The minimum Gasteiger partial charge on any atom is -0.310 e. The molecule has 2 aromatic carbocycles. The molecule has 0 N–H and O–H groups in total. The Hall–Kier alpha value is -1.96. The van der Waals surface area contributed by atoms with Crippen molar-refractivity contribution in [3.63, 3.8) is 0 Å². The van der Waals surface area contributed by atoms with Crippen LogP contribution in [0, 0.1) is 18.3 Å². The molecule has 1 amide bonds. The first-order chi connectivity index (χ1) is 12.0. The van der Waals surface area contributed by atoms with E-state index in [1.165, 1.54) is 0 Å². The first-order valence-electron chi connectivity index (χ1n) is 8.12. The van der Waals surface area contributed by atoms with Gasteiger partial charge in [-0.3, -0.25) is 4.79 Å². The zero-order valence-corrected chi connectivity index (χ0v) is 16.0. The van der Waals surface area contributed by atoms with Gasteiger partial charge >= 0.3 is 0 Å². The highest BCUT2D eigenvalue weighted by molar-refractivity contribution is 7.99. The van der Waals surface area contributed by atoms with Gasteiger partial charge in [-0.2, -0.15) is 5.26 Å².